The van der Waals surface area contributed by atoms with Gasteiger partial charge in [0, 0.05) is 45.3 Å². The second kappa shape index (κ2) is 12.7. The van der Waals surface area contributed by atoms with Crippen LogP contribution in [0, 0.1) is 0 Å². The molecule has 0 unspecified atom stereocenters. The maximum atomic E-state index is 13.3. The molecule has 1 N–H and O–H groups in total. The summed E-state index contributed by atoms with van der Waals surface area (Å²) >= 11 is 12.6. The number of hydrogen-bond donors (Lipinski definition) is 1. The van der Waals surface area contributed by atoms with Crippen molar-refractivity contribution < 1.29 is 19.1 Å². The summed E-state index contributed by atoms with van der Waals surface area (Å²) in [4.78, 5) is 41.3. The summed E-state index contributed by atoms with van der Waals surface area (Å²) in [6, 6.07) is 13.0. The highest BCUT2D eigenvalue weighted by atomic mass is 35.5. The van der Waals surface area contributed by atoms with Gasteiger partial charge in [-0.25, -0.2) is 9.80 Å². The predicted octanol–water partition coefficient (Wildman–Crippen LogP) is 4.17. The molecule has 3 amide bonds. The molecule has 0 saturated heterocycles. The van der Waals surface area contributed by atoms with E-state index in [1.807, 2.05) is 17.1 Å². The van der Waals surface area contributed by atoms with Gasteiger partial charge >= 0.3 is 6.09 Å². The Morgan fingerprint density at radius 3 is 2.24 bits per heavy atom. The molecular formula is C27H35Cl2N5O4. The summed E-state index contributed by atoms with van der Waals surface area (Å²) in [5.41, 5.74) is 2.23. The molecule has 0 fully saturated rings. The van der Waals surface area contributed by atoms with E-state index in [1.165, 1.54) is 16.0 Å². The van der Waals surface area contributed by atoms with E-state index in [1.54, 1.807) is 63.0 Å². The van der Waals surface area contributed by atoms with Gasteiger partial charge < -0.3 is 19.9 Å². The summed E-state index contributed by atoms with van der Waals surface area (Å²) in [6.07, 6.45) is -0.475. The fourth-order valence-electron chi connectivity index (χ4n) is 3.93. The van der Waals surface area contributed by atoms with Gasteiger partial charge in [-0.05, 0) is 50.1 Å². The van der Waals surface area contributed by atoms with Gasteiger partial charge in [0.2, 0.25) is 5.91 Å². The Morgan fingerprint density at radius 1 is 1.00 bits per heavy atom. The van der Waals surface area contributed by atoms with E-state index in [0.29, 0.717) is 28.8 Å². The molecule has 206 valence electrons. The summed E-state index contributed by atoms with van der Waals surface area (Å²) in [5, 5.41) is 7.14. The number of carbonyl (C=O) groups excluding carboxylic acids is 3. The number of likely N-dealkylation sites (N-methyl/N-ethyl adjacent to an activating group) is 2. The molecule has 0 aromatic heterocycles. The molecule has 2 aromatic rings. The number of nitrogens with zero attached hydrogens (tertiary/aromatic N) is 4. The standard InChI is InChI=1S/C27H35Cl2N5O4/c1-27(2,3)38-26(37)31(4)13-12-30-24(35)17-33(23-14-21(28)10-11-22(23)29)18-25(36)32(5)34-15-19-8-6-7-9-20(19)16-34/h6-11,14H,12-13,15-18H2,1-5H3,(H,30,35). The minimum absolute atomic E-state index is 0.0887. The molecule has 0 bridgehead atoms. The molecule has 1 aliphatic rings. The molecule has 0 spiro atoms. The zero-order valence-electron chi connectivity index (χ0n) is 22.5. The van der Waals surface area contributed by atoms with Crippen LogP contribution in [-0.4, -0.2) is 78.7 Å². The SMILES string of the molecule is CN(CCNC(=O)CN(CC(=O)N(C)N1Cc2ccccc2C1)c1cc(Cl)ccc1Cl)C(=O)OC(C)(C)C. The van der Waals surface area contributed by atoms with E-state index in [9.17, 15) is 14.4 Å². The Morgan fingerprint density at radius 2 is 1.63 bits per heavy atom. The molecule has 9 nitrogen and oxygen atoms in total. The highest BCUT2D eigenvalue weighted by Gasteiger charge is 2.27. The van der Waals surface area contributed by atoms with Crippen LogP contribution in [0.25, 0.3) is 0 Å². The number of halogens is 2. The monoisotopic (exact) mass is 563 g/mol. The van der Waals surface area contributed by atoms with Crippen molar-refractivity contribution in [1.82, 2.24) is 20.2 Å². The van der Waals surface area contributed by atoms with E-state index < -0.39 is 11.7 Å². The van der Waals surface area contributed by atoms with E-state index in [2.05, 4.69) is 17.4 Å². The number of benzene rings is 2. The number of fused-ring (bicyclic) bond motifs is 1. The molecule has 11 heteroatoms. The van der Waals surface area contributed by atoms with Crippen molar-refractivity contribution in [2.24, 2.45) is 0 Å². The third-order valence-electron chi connectivity index (χ3n) is 5.99. The Balaban J connectivity index is 1.63. The smallest absolute Gasteiger partial charge is 0.410 e. The average molecular weight is 565 g/mol. The van der Waals surface area contributed by atoms with Crippen molar-refractivity contribution >= 4 is 46.8 Å². The van der Waals surface area contributed by atoms with Crippen LogP contribution in [0.2, 0.25) is 10.0 Å². The second-order valence-electron chi connectivity index (χ2n) is 10.2. The van der Waals surface area contributed by atoms with Gasteiger partial charge in [0.15, 0.2) is 0 Å². The molecule has 0 atom stereocenters. The van der Waals surface area contributed by atoms with Gasteiger partial charge in [0.1, 0.15) is 5.60 Å². The first-order valence-corrected chi connectivity index (χ1v) is 13.1. The van der Waals surface area contributed by atoms with Crippen LogP contribution in [0.15, 0.2) is 42.5 Å². The summed E-state index contributed by atoms with van der Waals surface area (Å²) < 4.78 is 5.33. The van der Waals surface area contributed by atoms with Gasteiger partial charge in [-0.3, -0.25) is 14.6 Å². The number of amides is 3. The number of hydrogen-bond acceptors (Lipinski definition) is 6. The van der Waals surface area contributed by atoms with Crippen LogP contribution >= 0.6 is 23.2 Å². The highest BCUT2D eigenvalue weighted by Crippen LogP contribution is 2.29. The lowest BCUT2D eigenvalue weighted by molar-refractivity contribution is -0.145. The Labute approximate surface area is 234 Å². The molecule has 0 radical (unpaired) electrons. The van der Waals surface area contributed by atoms with E-state index in [0.717, 1.165) is 0 Å². The Kier molecular flexibility index (Phi) is 9.87. The van der Waals surface area contributed by atoms with Crippen LogP contribution in [0.3, 0.4) is 0 Å². The van der Waals surface area contributed by atoms with Gasteiger partial charge in [-0.2, -0.15) is 0 Å². The highest BCUT2D eigenvalue weighted by molar-refractivity contribution is 6.35. The predicted molar refractivity (Wildman–Crippen MR) is 149 cm³/mol. The molecule has 38 heavy (non-hydrogen) atoms. The Bertz CT molecular complexity index is 1150. The van der Waals surface area contributed by atoms with Gasteiger partial charge in [0.25, 0.3) is 5.91 Å². The van der Waals surface area contributed by atoms with Crippen LogP contribution in [0.1, 0.15) is 31.9 Å². The lowest BCUT2D eigenvalue weighted by Gasteiger charge is -2.31. The van der Waals surface area contributed by atoms with E-state index >= 15 is 0 Å². The van der Waals surface area contributed by atoms with Crippen LogP contribution in [0.5, 0.6) is 0 Å². The number of nitrogens with one attached hydrogen (secondary N) is 1. The molecule has 0 aliphatic carbocycles. The number of carbonyl (C=O) groups is 3. The normalized spacial score (nSPS) is 13.0. The first-order valence-electron chi connectivity index (χ1n) is 12.3. The number of rotatable bonds is 9. The number of hydrazine groups is 1. The zero-order valence-corrected chi connectivity index (χ0v) is 24.0. The van der Waals surface area contributed by atoms with Gasteiger partial charge in [0.05, 0.1) is 23.8 Å². The Hall–Kier alpha value is -3.01. The van der Waals surface area contributed by atoms with Crippen molar-refractivity contribution in [2.45, 2.75) is 39.5 Å². The largest absolute Gasteiger partial charge is 0.444 e. The van der Waals surface area contributed by atoms with Crippen molar-refractivity contribution in [2.75, 3.05) is 45.2 Å². The molecule has 0 saturated carbocycles. The first-order chi connectivity index (χ1) is 17.8. The summed E-state index contributed by atoms with van der Waals surface area (Å²) in [5.74, 6) is -0.533. The molecule has 3 rings (SSSR count). The number of anilines is 1. The molecular weight excluding hydrogens is 529 g/mol. The summed E-state index contributed by atoms with van der Waals surface area (Å²) in [6.45, 7) is 6.88. The fraction of sp³-hybridized carbons (Fsp3) is 0.444. The van der Waals surface area contributed by atoms with Crippen molar-refractivity contribution in [3.05, 3.63) is 63.6 Å². The minimum Gasteiger partial charge on any atom is -0.444 e. The van der Waals surface area contributed by atoms with Crippen LogP contribution in [0.4, 0.5) is 10.5 Å². The fourth-order valence-corrected chi connectivity index (χ4v) is 4.33. The maximum Gasteiger partial charge on any atom is 0.410 e. The van der Waals surface area contributed by atoms with Gasteiger partial charge in [-0.15, -0.1) is 0 Å². The topological polar surface area (TPSA) is 85.4 Å². The minimum atomic E-state index is -0.608. The lowest BCUT2D eigenvalue weighted by atomic mass is 10.1. The summed E-state index contributed by atoms with van der Waals surface area (Å²) in [7, 11) is 3.32. The van der Waals surface area contributed by atoms with Crippen LogP contribution < -0.4 is 10.2 Å². The van der Waals surface area contributed by atoms with E-state index in [4.69, 9.17) is 27.9 Å². The average Bonchev–Trinajstić information content (AvgIpc) is 3.27. The molecule has 1 heterocycles. The van der Waals surface area contributed by atoms with E-state index in [-0.39, 0.29) is 38.0 Å². The second-order valence-corrected chi connectivity index (χ2v) is 11.1. The third-order valence-corrected chi connectivity index (χ3v) is 6.55. The zero-order chi connectivity index (χ0) is 28.0. The quantitative estimate of drug-likeness (QED) is 0.492. The van der Waals surface area contributed by atoms with Crippen molar-refractivity contribution in [3.8, 4) is 0 Å². The third kappa shape index (κ3) is 8.24. The number of ether oxygens (including phenoxy) is 1. The van der Waals surface area contributed by atoms with Crippen LogP contribution in [-0.2, 0) is 27.4 Å². The van der Waals surface area contributed by atoms with Crippen molar-refractivity contribution in [3.63, 3.8) is 0 Å². The van der Waals surface area contributed by atoms with Gasteiger partial charge in [-0.1, -0.05) is 47.5 Å². The van der Waals surface area contributed by atoms with Crippen molar-refractivity contribution in [1.29, 1.82) is 0 Å². The molecule has 2 aromatic carbocycles. The lowest BCUT2D eigenvalue weighted by Crippen LogP contribution is -2.48. The first kappa shape index (κ1) is 29.5. The maximum absolute atomic E-state index is 13.3. The molecule has 1 aliphatic heterocycles.